The minimum Gasteiger partial charge on any atom is -0.497 e. The predicted molar refractivity (Wildman–Crippen MR) is 115 cm³/mol. The molecule has 0 saturated carbocycles. The molecule has 1 saturated heterocycles. The van der Waals surface area contributed by atoms with Gasteiger partial charge in [-0.1, -0.05) is 29.5 Å². The number of urea groups is 1. The molecule has 0 aliphatic carbocycles. The Labute approximate surface area is 172 Å². The monoisotopic (exact) mass is 410 g/mol. The molecule has 150 valence electrons. The zero-order chi connectivity index (χ0) is 20.2. The molecule has 3 amide bonds. The molecule has 0 spiro atoms. The summed E-state index contributed by atoms with van der Waals surface area (Å²) >= 11 is 1.41. The lowest BCUT2D eigenvalue weighted by Crippen LogP contribution is -2.45. The minimum atomic E-state index is -0.258. The average molecular weight is 410 g/mol. The Morgan fingerprint density at radius 2 is 2.00 bits per heavy atom. The largest absolute Gasteiger partial charge is 0.497 e. The van der Waals surface area contributed by atoms with E-state index in [1.54, 1.807) is 12.0 Å². The van der Waals surface area contributed by atoms with Gasteiger partial charge in [-0.3, -0.25) is 4.79 Å². The number of carbonyl (C=O) groups is 2. The Bertz CT molecular complexity index is 1020. The third-order valence-electron chi connectivity index (χ3n) is 4.93. The van der Waals surface area contributed by atoms with Crippen molar-refractivity contribution < 1.29 is 14.3 Å². The molecule has 2 aromatic carbocycles. The lowest BCUT2D eigenvalue weighted by Gasteiger charge is -2.31. The number of para-hydroxylation sites is 1. The normalized spacial score (nSPS) is 16.4. The van der Waals surface area contributed by atoms with E-state index in [-0.39, 0.29) is 17.9 Å². The molecule has 29 heavy (non-hydrogen) atoms. The number of piperidine rings is 1. The van der Waals surface area contributed by atoms with Crippen LogP contribution < -0.4 is 15.4 Å². The first-order valence-corrected chi connectivity index (χ1v) is 10.3. The molecule has 1 atom stereocenters. The van der Waals surface area contributed by atoms with Crippen molar-refractivity contribution in [3.63, 3.8) is 0 Å². The molecule has 2 heterocycles. The minimum absolute atomic E-state index is 0.103. The number of hydrogen-bond acceptors (Lipinski definition) is 5. The number of fused-ring (bicyclic) bond motifs is 1. The van der Waals surface area contributed by atoms with Gasteiger partial charge in [-0.25, -0.2) is 9.78 Å². The number of rotatable bonds is 4. The molecule has 0 bridgehead atoms. The number of likely N-dealkylation sites (tertiary alicyclic amines) is 1. The fraction of sp³-hybridized carbons (Fsp3) is 0.286. The van der Waals surface area contributed by atoms with Gasteiger partial charge in [0.05, 0.1) is 23.2 Å². The van der Waals surface area contributed by atoms with Crippen LogP contribution in [0, 0.1) is 5.92 Å². The van der Waals surface area contributed by atoms with Gasteiger partial charge in [0, 0.05) is 18.8 Å². The summed E-state index contributed by atoms with van der Waals surface area (Å²) in [4.78, 5) is 31.5. The molecule has 0 radical (unpaired) electrons. The first kappa shape index (κ1) is 19.2. The summed E-state index contributed by atoms with van der Waals surface area (Å²) in [5.41, 5.74) is 1.56. The smallest absolute Gasteiger partial charge is 0.321 e. The number of nitrogens with one attached hydrogen (secondary N) is 2. The number of thiazole rings is 1. The maximum absolute atomic E-state index is 12.8. The zero-order valence-electron chi connectivity index (χ0n) is 16.1. The van der Waals surface area contributed by atoms with Crippen LogP contribution in [0.5, 0.6) is 5.75 Å². The van der Waals surface area contributed by atoms with Crippen LogP contribution in [-0.4, -0.2) is 42.0 Å². The lowest BCUT2D eigenvalue weighted by molar-refractivity contribution is -0.121. The van der Waals surface area contributed by atoms with Crippen molar-refractivity contribution in [2.24, 2.45) is 5.92 Å². The van der Waals surface area contributed by atoms with Crippen molar-refractivity contribution in [1.29, 1.82) is 0 Å². The highest BCUT2D eigenvalue weighted by atomic mass is 32.1. The fourth-order valence-electron chi connectivity index (χ4n) is 3.39. The van der Waals surface area contributed by atoms with Crippen molar-refractivity contribution in [3.8, 4) is 5.75 Å². The van der Waals surface area contributed by atoms with Crippen molar-refractivity contribution in [1.82, 2.24) is 9.88 Å². The average Bonchev–Trinajstić information content (AvgIpc) is 3.15. The summed E-state index contributed by atoms with van der Waals surface area (Å²) in [5.74, 6) is 0.395. The van der Waals surface area contributed by atoms with Gasteiger partial charge in [0.15, 0.2) is 5.13 Å². The number of methoxy groups -OCH3 is 1. The van der Waals surface area contributed by atoms with E-state index in [2.05, 4.69) is 15.6 Å². The summed E-state index contributed by atoms with van der Waals surface area (Å²) in [7, 11) is 1.62. The van der Waals surface area contributed by atoms with Crippen LogP contribution in [-0.2, 0) is 4.79 Å². The van der Waals surface area contributed by atoms with Crippen LogP contribution >= 0.6 is 11.3 Å². The number of amides is 3. The topological polar surface area (TPSA) is 83.6 Å². The van der Waals surface area contributed by atoms with Gasteiger partial charge in [0.2, 0.25) is 5.91 Å². The molecule has 1 fully saturated rings. The van der Waals surface area contributed by atoms with Crippen molar-refractivity contribution >= 4 is 44.3 Å². The molecule has 8 heteroatoms. The molecular weight excluding hydrogens is 388 g/mol. The number of hydrogen-bond donors (Lipinski definition) is 2. The summed E-state index contributed by atoms with van der Waals surface area (Å²) in [5, 5.41) is 6.36. The van der Waals surface area contributed by atoms with Crippen LogP contribution in [0.25, 0.3) is 10.2 Å². The van der Waals surface area contributed by atoms with Gasteiger partial charge in [-0.2, -0.15) is 0 Å². The fourth-order valence-corrected chi connectivity index (χ4v) is 4.29. The highest BCUT2D eigenvalue weighted by Gasteiger charge is 2.29. The number of nitrogens with zero attached hydrogens (tertiary/aromatic N) is 2. The molecule has 4 rings (SSSR count). The SMILES string of the molecule is COc1ccc2nc(NC(=O)[C@H]3CCCN(C(=O)Nc4ccccc4)C3)sc2c1. The zero-order valence-corrected chi connectivity index (χ0v) is 16.9. The molecule has 2 N–H and O–H groups in total. The molecule has 1 aliphatic heterocycles. The van der Waals surface area contributed by atoms with Gasteiger partial charge < -0.3 is 20.3 Å². The van der Waals surface area contributed by atoms with E-state index in [1.807, 2.05) is 48.5 Å². The number of ether oxygens (including phenoxy) is 1. The van der Waals surface area contributed by atoms with Crippen molar-refractivity contribution in [2.45, 2.75) is 12.8 Å². The van der Waals surface area contributed by atoms with E-state index in [0.29, 0.717) is 18.2 Å². The van der Waals surface area contributed by atoms with Crippen LogP contribution in [0.15, 0.2) is 48.5 Å². The Hall–Kier alpha value is -3.13. The maximum atomic E-state index is 12.8. The first-order valence-electron chi connectivity index (χ1n) is 9.49. The van der Waals surface area contributed by atoms with Crippen LogP contribution in [0.3, 0.4) is 0 Å². The van der Waals surface area contributed by atoms with Gasteiger partial charge in [0.25, 0.3) is 0 Å². The Morgan fingerprint density at radius 3 is 2.79 bits per heavy atom. The third-order valence-corrected chi connectivity index (χ3v) is 5.86. The second-order valence-electron chi connectivity index (χ2n) is 6.92. The van der Waals surface area contributed by atoms with E-state index >= 15 is 0 Å². The Kier molecular flexibility index (Phi) is 5.62. The Morgan fingerprint density at radius 1 is 1.17 bits per heavy atom. The van der Waals surface area contributed by atoms with Gasteiger partial charge in [-0.05, 0) is 43.2 Å². The molecule has 3 aromatic rings. The molecule has 0 unspecified atom stereocenters. The molecule has 1 aromatic heterocycles. The van der Waals surface area contributed by atoms with Gasteiger partial charge in [0.1, 0.15) is 5.75 Å². The summed E-state index contributed by atoms with van der Waals surface area (Å²) in [6.07, 6.45) is 1.54. The van der Waals surface area contributed by atoms with E-state index in [9.17, 15) is 9.59 Å². The quantitative estimate of drug-likeness (QED) is 0.676. The maximum Gasteiger partial charge on any atom is 0.321 e. The van der Waals surface area contributed by atoms with E-state index in [4.69, 9.17) is 4.74 Å². The van der Waals surface area contributed by atoms with Crippen molar-refractivity contribution in [3.05, 3.63) is 48.5 Å². The van der Waals surface area contributed by atoms with Gasteiger partial charge >= 0.3 is 6.03 Å². The molecular formula is C21H22N4O3S. The highest BCUT2D eigenvalue weighted by Crippen LogP contribution is 2.30. The second-order valence-corrected chi connectivity index (χ2v) is 7.95. The van der Waals surface area contributed by atoms with E-state index < -0.39 is 0 Å². The number of benzene rings is 2. The summed E-state index contributed by atoms with van der Waals surface area (Å²) in [6, 6.07) is 14.8. The van der Waals surface area contributed by atoms with Crippen molar-refractivity contribution in [2.75, 3.05) is 30.8 Å². The van der Waals surface area contributed by atoms with E-state index in [0.717, 1.165) is 34.5 Å². The van der Waals surface area contributed by atoms with Gasteiger partial charge in [-0.15, -0.1) is 0 Å². The Balaban J connectivity index is 1.39. The highest BCUT2D eigenvalue weighted by molar-refractivity contribution is 7.22. The molecule has 7 nitrogen and oxygen atoms in total. The predicted octanol–water partition coefficient (Wildman–Crippen LogP) is 4.19. The second kappa shape index (κ2) is 8.48. The number of aromatic nitrogens is 1. The van der Waals surface area contributed by atoms with E-state index in [1.165, 1.54) is 11.3 Å². The standard InChI is InChI=1S/C21H22N4O3S/c1-28-16-9-10-17-18(12-16)29-20(23-17)24-19(26)14-6-5-11-25(13-14)21(27)22-15-7-3-2-4-8-15/h2-4,7-10,12,14H,5-6,11,13H2,1H3,(H,22,27)(H,23,24,26)/t14-/m0/s1. The van der Waals surface area contributed by atoms with Crippen LogP contribution in [0.4, 0.5) is 15.6 Å². The summed E-state index contributed by atoms with van der Waals surface area (Å²) < 4.78 is 6.18. The van der Waals surface area contributed by atoms with Crippen LogP contribution in [0.2, 0.25) is 0 Å². The number of anilines is 2. The first-order chi connectivity index (χ1) is 14.1. The van der Waals surface area contributed by atoms with Crippen LogP contribution in [0.1, 0.15) is 12.8 Å². The molecule has 1 aliphatic rings. The summed E-state index contributed by atoms with van der Waals surface area (Å²) in [6.45, 7) is 1.03. The lowest BCUT2D eigenvalue weighted by atomic mass is 9.97. The number of carbonyl (C=O) groups excluding carboxylic acids is 2. The third kappa shape index (κ3) is 4.48.